The van der Waals surface area contributed by atoms with Gasteiger partial charge in [0, 0.05) is 20.1 Å². The molecular formula is C25H19BrClN3O3S. The Hall–Kier alpha value is -3.20. The van der Waals surface area contributed by atoms with E-state index < -0.39 is 11.8 Å². The lowest BCUT2D eigenvalue weighted by Gasteiger charge is -2.09. The monoisotopic (exact) mass is 555 g/mol. The summed E-state index contributed by atoms with van der Waals surface area (Å²) in [4.78, 5) is 25.0. The van der Waals surface area contributed by atoms with Crippen molar-refractivity contribution in [3.63, 3.8) is 0 Å². The lowest BCUT2D eigenvalue weighted by atomic mass is 10.2. The summed E-state index contributed by atoms with van der Waals surface area (Å²) in [6, 6.07) is 22.7. The fraction of sp³-hybridized carbons (Fsp3) is 0.0800. The van der Waals surface area contributed by atoms with Crippen LogP contribution in [0.15, 0.2) is 82.4 Å². The van der Waals surface area contributed by atoms with Crippen LogP contribution in [-0.2, 0) is 11.4 Å². The Morgan fingerprint density at radius 3 is 2.68 bits per heavy atom. The summed E-state index contributed by atoms with van der Waals surface area (Å²) in [6.07, 6.45) is 1.50. The van der Waals surface area contributed by atoms with Gasteiger partial charge in [0.2, 0.25) is 0 Å². The summed E-state index contributed by atoms with van der Waals surface area (Å²) in [6.45, 7) is 0.157. The number of nitrogens with one attached hydrogen (secondary N) is 2. The zero-order chi connectivity index (χ0) is 23.9. The van der Waals surface area contributed by atoms with Gasteiger partial charge in [-0.15, -0.1) is 11.3 Å². The van der Waals surface area contributed by atoms with Gasteiger partial charge in [-0.1, -0.05) is 70.0 Å². The molecule has 172 valence electrons. The molecule has 1 heterocycles. The lowest BCUT2D eigenvalue weighted by Crippen LogP contribution is -2.34. The van der Waals surface area contributed by atoms with E-state index in [1.54, 1.807) is 0 Å². The number of ether oxygens (including phenoxy) is 1. The molecular weight excluding hydrogens is 538 g/mol. The van der Waals surface area contributed by atoms with Crippen LogP contribution in [0, 0.1) is 0 Å². The smallest absolute Gasteiger partial charge is 0.263 e. The Morgan fingerprint density at radius 2 is 1.85 bits per heavy atom. The van der Waals surface area contributed by atoms with Crippen molar-refractivity contribution < 1.29 is 14.3 Å². The number of hydrogen-bond acceptors (Lipinski definition) is 5. The first kappa shape index (κ1) is 23.9. The van der Waals surface area contributed by atoms with Gasteiger partial charge >= 0.3 is 0 Å². The first-order valence-corrected chi connectivity index (χ1v) is 12.2. The van der Waals surface area contributed by atoms with Crippen LogP contribution < -0.4 is 15.5 Å². The number of hydrazone groups is 1. The summed E-state index contributed by atoms with van der Waals surface area (Å²) in [7, 11) is 0. The Morgan fingerprint density at radius 1 is 1.06 bits per heavy atom. The third-order valence-electron chi connectivity index (χ3n) is 4.75. The number of fused-ring (bicyclic) bond motifs is 1. The van der Waals surface area contributed by atoms with E-state index in [9.17, 15) is 9.59 Å². The molecule has 0 aliphatic carbocycles. The normalized spacial score (nSPS) is 11.0. The molecule has 0 radical (unpaired) electrons. The molecule has 0 bridgehead atoms. The zero-order valence-electron chi connectivity index (χ0n) is 17.8. The largest absolute Gasteiger partial charge is 0.488 e. The van der Waals surface area contributed by atoms with Crippen molar-refractivity contribution in [2.24, 2.45) is 5.10 Å². The number of amides is 2. The van der Waals surface area contributed by atoms with Gasteiger partial charge in [0.15, 0.2) is 0 Å². The highest BCUT2D eigenvalue weighted by atomic mass is 79.9. The molecule has 9 heteroatoms. The van der Waals surface area contributed by atoms with E-state index in [0.29, 0.717) is 27.8 Å². The minimum absolute atomic E-state index is 0.234. The molecule has 34 heavy (non-hydrogen) atoms. The highest BCUT2D eigenvalue weighted by Gasteiger charge is 2.17. The summed E-state index contributed by atoms with van der Waals surface area (Å²) >= 11 is 11.0. The predicted octanol–water partition coefficient (Wildman–Crippen LogP) is 5.78. The van der Waals surface area contributed by atoms with Crippen LogP contribution >= 0.6 is 38.9 Å². The average Bonchev–Trinajstić information content (AvgIpc) is 3.18. The highest BCUT2D eigenvalue weighted by Crippen LogP contribution is 2.34. The maximum atomic E-state index is 12.5. The third-order valence-corrected chi connectivity index (χ3v) is 6.91. The van der Waals surface area contributed by atoms with E-state index in [-0.39, 0.29) is 6.54 Å². The van der Waals surface area contributed by atoms with Crippen molar-refractivity contribution in [2.45, 2.75) is 6.61 Å². The van der Waals surface area contributed by atoms with E-state index in [1.807, 2.05) is 72.8 Å². The summed E-state index contributed by atoms with van der Waals surface area (Å²) in [5.41, 5.74) is 4.14. The Bertz CT molecular complexity index is 1370. The molecule has 0 atom stereocenters. The zero-order valence-corrected chi connectivity index (χ0v) is 20.9. The van der Waals surface area contributed by atoms with Crippen molar-refractivity contribution in [1.29, 1.82) is 0 Å². The van der Waals surface area contributed by atoms with Gasteiger partial charge in [-0.05, 0) is 35.9 Å². The fourth-order valence-electron chi connectivity index (χ4n) is 3.12. The summed E-state index contributed by atoms with van der Waals surface area (Å²) in [5.74, 6) is -0.237. The molecule has 0 aliphatic rings. The Kier molecular flexibility index (Phi) is 7.95. The van der Waals surface area contributed by atoms with Crippen molar-refractivity contribution in [3.8, 4) is 5.75 Å². The maximum absolute atomic E-state index is 12.5. The minimum Gasteiger partial charge on any atom is -0.488 e. The van der Waals surface area contributed by atoms with Crippen LogP contribution in [0.1, 0.15) is 20.8 Å². The van der Waals surface area contributed by atoms with Crippen LogP contribution in [0.5, 0.6) is 5.75 Å². The average molecular weight is 557 g/mol. The van der Waals surface area contributed by atoms with Gasteiger partial charge in [0.05, 0.1) is 17.8 Å². The highest BCUT2D eigenvalue weighted by molar-refractivity contribution is 9.10. The molecule has 1 aromatic heterocycles. The van der Waals surface area contributed by atoms with E-state index in [2.05, 4.69) is 31.8 Å². The predicted molar refractivity (Wildman–Crippen MR) is 140 cm³/mol. The summed E-state index contributed by atoms with van der Waals surface area (Å²) in [5, 5.41) is 7.76. The van der Waals surface area contributed by atoms with Gasteiger partial charge in [0.25, 0.3) is 11.8 Å². The molecule has 6 nitrogen and oxygen atoms in total. The van der Waals surface area contributed by atoms with Crippen LogP contribution in [0.4, 0.5) is 0 Å². The Balaban J connectivity index is 1.30. The molecule has 4 aromatic rings. The lowest BCUT2D eigenvalue weighted by molar-refractivity contribution is -0.120. The molecule has 0 saturated heterocycles. The summed E-state index contributed by atoms with van der Waals surface area (Å²) < 4.78 is 7.80. The molecule has 2 amide bonds. The number of halogens is 2. The molecule has 0 fully saturated rings. The SMILES string of the molecule is O=C(CNC(=O)c1sc2ccccc2c1Cl)N/N=C\c1ccccc1OCc1cccc(Br)c1. The quantitative estimate of drug-likeness (QED) is 0.213. The van der Waals surface area contributed by atoms with Crippen molar-refractivity contribution in [3.05, 3.63) is 98.3 Å². The van der Waals surface area contributed by atoms with Crippen LogP contribution in [0.25, 0.3) is 10.1 Å². The maximum Gasteiger partial charge on any atom is 0.263 e. The molecule has 0 aliphatic heterocycles. The van der Waals surface area contributed by atoms with Gasteiger partial charge in [-0.2, -0.15) is 5.10 Å². The Labute approximate surface area is 213 Å². The van der Waals surface area contributed by atoms with E-state index in [0.717, 1.165) is 20.1 Å². The van der Waals surface area contributed by atoms with Crippen molar-refractivity contribution >= 4 is 67.0 Å². The van der Waals surface area contributed by atoms with Gasteiger partial charge < -0.3 is 10.1 Å². The molecule has 4 rings (SSSR count). The molecule has 2 N–H and O–H groups in total. The molecule has 0 spiro atoms. The van der Waals surface area contributed by atoms with Crippen LogP contribution in [-0.4, -0.2) is 24.6 Å². The standard InChI is InChI=1S/C25H19BrClN3O3S/c26-18-8-5-6-16(12-18)15-33-20-10-3-1-7-17(20)13-29-30-22(31)14-28-25(32)24-23(27)19-9-2-4-11-21(19)34-24/h1-13H,14-15H2,(H,28,32)(H,30,31)/b29-13-. The molecule has 0 unspecified atom stereocenters. The number of benzene rings is 3. The van der Waals surface area contributed by atoms with Gasteiger partial charge in [-0.3, -0.25) is 9.59 Å². The first-order valence-electron chi connectivity index (χ1n) is 10.2. The molecule has 0 saturated carbocycles. The second-order valence-corrected chi connectivity index (χ2v) is 9.52. The van der Waals surface area contributed by atoms with Crippen molar-refractivity contribution in [2.75, 3.05) is 6.54 Å². The van der Waals surface area contributed by atoms with Crippen molar-refractivity contribution in [1.82, 2.24) is 10.7 Å². The third kappa shape index (κ3) is 6.02. The van der Waals surface area contributed by atoms with Crippen LogP contribution in [0.3, 0.4) is 0 Å². The topological polar surface area (TPSA) is 79.8 Å². The minimum atomic E-state index is -0.464. The second kappa shape index (κ2) is 11.3. The number of thiophene rings is 1. The van der Waals surface area contributed by atoms with Gasteiger partial charge in [0.1, 0.15) is 17.2 Å². The number of carbonyl (C=O) groups excluding carboxylic acids is 2. The second-order valence-electron chi connectivity index (χ2n) is 7.17. The number of hydrogen-bond donors (Lipinski definition) is 2. The number of para-hydroxylation sites is 1. The first-order chi connectivity index (χ1) is 16.5. The van der Waals surface area contributed by atoms with E-state index in [4.69, 9.17) is 16.3 Å². The van der Waals surface area contributed by atoms with Crippen LogP contribution in [0.2, 0.25) is 5.02 Å². The number of carbonyl (C=O) groups is 2. The van der Waals surface area contributed by atoms with E-state index in [1.165, 1.54) is 17.6 Å². The number of rotatable bonds is 8. The van der Waals surface area contributed by atoms with Gasteiger partial charge in [-0.25, -0.2) is 5.43 Å². The fourth-order valence-corrected chi connectivity index (χ4v) is 5.00. The number of nitrogens with zero attached hydrogens (tertiary/aromatic N) is 1. The molecule has 3 aromatic carbocycles. The van der Waals surface area contributed by atoms with E-state index >= 15 is 0 Å².